The number of likely N-dealkylation sites (N-methyl/N-ethyl adjacent to an activating group) is 1. The lowest BCUT2D eigenvalue weighted by atomic mass is 10.00. The average molecular weight is 255 g/mol. The van der Waals surface area contributed by atoms with Crippen LogP contribution in [0, 0.1) is 5.92 Å². The zero-order chi connectivity index (χ0) is 13.8. The van der Waals surface area contributed by atoms with Gasteiger partial charge in [0, 0.05) is 24.7 Å². The molecule has 0 saturated carbocycles. The molecule has 0 aromatic heterocycles. The van der Waals surface area contributed by atoms with Crippen LogP contribution in [0.1, 0.15) is 40.5 Å². The first-order valence-electron chi connectivity index (χ1n) is 7.44. The van der Waals surface area contributed by atoms with Gasteiger partial charge in [0.05, 0.1) is 0 Å². The van der Waals surface area contributed by atoms with Crippen molar-refractivity contribution in [2.24, 2.45) is 5.92 Å². The van der Waals surface area contributed by atoms with Crippen molar-refractivity contribution in [1.29, 1.82) is 0 Å². The number of nitrogens with one attached hydrogen (secondary N) is 1. The normalized spacial score (nSPS) is 20.0. The van der Waals surface area contributed by atoms with Gasteiger partial charge in [-0.3, -0.25) is 0 Å². The summed E-state index contributed by atoms with van der Waals surface area (Å²) in [4.78, 5) is 4.91. The van der Waals surface area contributed by atoms with E-state index < -0.39 is 0 Å². The van der Waals surface area contributed by atoms with E-state index in [0.717, 1.165) is 12.5 Å². The number of hydrogen-bond donors (Lipinski definition) is 1. The minimum Gasteiger partial charge on any atom is -0.312 e. The standard InChI is InChI=1S/C15H33N3/c1-13(2)11-18-9-7-14(8-10-18)16-12-15(3,4)17(5)6/h13-14,16H,7-12H2,1-6H3. The molecule has 3 nitrogen and oxygen atoms in total. The second kappa shape index (κ2) is 6.88. The SMILES string of the molecule is CC(C)CN1CCC(NCC(C)(C)N(C)C)CC1. The summed E-state index contributed by atoms with van der Waals surface area (Å²) in [6, 6.07) is 0.715. The van der Waals surface area contributed by atoms with Gasteiger partial charge in [-0.1, -0.05) is 13.8 Å². The molecule has 0 radical (unpaired) electrons. The molecule has 0 aromatic rings. The first-order valence-corrected chi connectivity index (χ1v) is 7.44. The van der Waals surface area contributed by atoms with Gasteiger partial charge < -0.3 is 15.1 Å². The average Bonchev–Trinajstić information content (AvgIpc) is 2.27. The molecule has 3 heteroatoms. The van der Waals surface area contributed by atoms with Gasteiger partial charge in [-0.2, -0.15) is 0 Å². The number of rotatable bonds is 6. The van der Waals surface area contributed by atoms with Gasteiger partial charge in [-0.25, -0.2) is 0 Å². The van der Waals surface area contributed by atoms with Crippen LogP contribution in [0.25, 0.3) is 0 Å². The monoisotopic (exact) mass is 255 g/mol. The molecule has 1 rings (SSSR count). The van der Waals surface area contributed by atoms with Crippen LogP contribution in [-0.4, -0.2) is 61.7 Å². The highest BCUT2D eigenvalue weighted by Crippen LogP contribution is 2.14. The highest BCUT2D eigenvalue weighted by Gasteiger charge is 2.24. The van der Waals surface area contributed by atoms with E-state index in [2.05, 4.69) is 56.9 Å². The van der Waals surface area contributed by atoms with Crippen LogP contribution in [0.2, 0.25) is 0 Å². The van der Waals surface area contributed by atoms with Crippen LogP contribution in [-0.2, 0) is 0 Å². The zero-order valence-corrected chi connectivity index (χ0v) is 13.3. The van der Waals surface area contributed by atoms with Crippen molar-refractivity contribution in [1.82, 2.24) is 15.1 Å². The summed E-state index contributed by atoms with van der Waals surface area (Å²) in [5.74, 6) is 0.794. The van der Waals surface area contributed by atoms with E-state index in [1.807, 2.05) is 0 Å². The Bertz CT molecular complexity index is 228. The smallest absolute Gasteiger partial charge is 0.0271 e. The molecular weight excluding hydrogens is 222 g/mol. The van der Waals surface area contributed by atoms with Crippen molar-refractivity contribution < 1.29 is 0 Å². The van der Waals surface area contributed by atoms with E-state index in [1.54, 1.807) is 0 Å². The lowest BCUT2D eigenvalue weighted by Gasteiger charge is -2.37. The molecule has 0 amide bonds. The lowest BCUT2D eigenvalue weighted by Crippen LogP contribution is -2.51. The van der Waals surface area contributed by atoms with Gasteiger partial charge in [0.1, 0.15) is 0 Å². The number of likely N-dealkylation sites (tertiary alicyclic amines) is 1. The van der Waals surface area contributed by atoms with E-state index in [0.29, 0.717) is 6.04 Å². The van der Waals surface area contributed by atoms with E-state index in [1.165, 1.54) is 32.5 Å². The minimum absolute atomic E-state index is 0.245. The van der Waals surface area contributed by atoms with Crippen molar-refractivity contribution in [3.63, 3.8) is 0 Å². The van der Waals surface area contributed by atoms with E-state index in [-0.39, 0.29) is 5.54 Å². The molecule has 1 N–H and O–H groups in total. The molecular formula is C15H33N3. The fraction of sp³-hybridized carbons (Fsp3) is 1.00. The summed E-state index contributed by atoms with van der Waals surface area (Å²) in [7, 11) is 4.32. The van der Waals surface area contributed by atoms with Crippen LogP contribution in [0.4, 0.5) is 0 Å². The van der Waals surface area contributed by atoms with E-state index >= 15 is 0 Å². The number of hydrogen-bond acceptors (Lipinski definition) is 3. The van der Waals surface area contributed by atoms with Gasteiger partial charge in [-0.15, -0.1) is 0 Å². The maximum Gasteiger partial charge on any atom is 0.0271 e. The minimum atomic E-state index is 0.245. The van der Waals surface area contributed by atoms with Gasteiger partial charge in [0.15, 0.2) is 0 Å². The van der Waals surface area contributed by atoms with Crippen LogP contribution >= 0.6 is 0 Å². The summed E-state index contributed by atoms with van der Waals surface area (Å²) < 4.78 is 0. The highest BCUT2D eigenvalue weighted by molar-refractivity contribution is 4.84. The lowest BCUT2D eigenvalue weighted by molar-refractivity contribution is 0.152. The van der Waals surface area contributed by atoms with Crippen molar-refractivity contribution in [2.75, 3.05) is 40.3 Å². The summed E-state index contributed by atoms with van der Waals surface area (Å²) in [6.07, 6.45) is 2.60. The van der Waals surface area contributed by atoms with Crippen molar-refractivity contribution in [3.05, 3.63) is 0 Å². The highest BCUT2D eigenvalue weighted by atomic mass is 15.2. The topological polar surface area (TPSA) is 18.5 Å². The molecule has 108 valence electrons. The van der Waals surface area contributed by atoms with E-state index in [4.69, 9.17) is 0 Å². The van der Waals surface area contributed by atoms with Gasteiger partial charge in [0.25, 0.3) is 0 Å². The summed E-state index contributed by atoms with van der Waals surface area (Å²) >= 11 is 0. The maximum absolute atomic E-state index is 3.75. The van der Waals surface area contributed by atoms with Crippen molar-refractivity contribution in [2.45, 2.75) is 52.1 Å². The second-order valence-corrected chi connectivity index (χ2v) is 7.06. The fourth-order valence-corrected chi connectivity index (χ4v) is 2.39. The molecule has 1 aliphatic rings. The Hall–Kier alpha value is -0.120. The number of nitrogens with zero attached hydrogens (tertiary/aromatic N) is 2. The summed E-state index contributed by atoms with van der Waals surface area (Å²) in [5, 5.41) is 3.75. The zero-order valence-electron chi connectivity index (χ0n) is 13.3. The Kier molecular flexibility index (Phi) is 6.09. The predicted octanol–water partition coefficient (Wildman–Crippen LogP) is 2.04. The first-order chi connectivity index (χ1) is 8.31. The second-order valence-electron chi connectivity index (χ2n) is 7.06. The fourth-order valence-electron chi connectivity index (χ4n) is 2.39. The molecule has 1 aliphatic heterocycles. The van der Waals surface area contributed by atoms with Crippen LogP contribution in [0.5, 0.6) is 0 Å². The molecule has 1 saturated heterocycles. The first kappa shape index (κ1) is 15.9. The number of piperidine rings is 1. The largest absolute Gasteiger partial charge is 0.312 e. The molecule has 0 spiro atoms. The Morgan fingerprint density at radius 1 is 1.22 bits per heavy atom. The molecule has 0 atom stereocenters. The Morgan fingerprint density at radius 2 is 1.78 bits per heavy atom. The maximum atomic E-state index is 3.75. The third kappa shape index (κ3) is 5.25. The molecule has 1 heterocycles. The molecule has 0 unspecified atom stereocenters. The van der Waals surface area contributed by atoms with Gasteiger partial charge in [-0.05, 0) is 59.8 Å². The molecule has 0 aromatic carbocycles. The third-order valence-corrected chi connectivity index (χ3v) is 4.24. The van der Waals surface area contributed by atoms with Crippen molar-refractivity contribution >= 4 is 0 Å². The van der Waals surface area contributed by atoms with Crippen LogP contribution < -0.4 is 5.32 Å². The van der Waals surface area contributed by atoms with Crippen LogP contribution in [0.15, 0.2) is 0 Å². The Balaban J connectivity index is 2.24. The van der Waals surface area contributed by atoms with E-state index in [9.17, 15) is 0 Å². The quantitative estimate of drug-likeness (QED) is 0.783. The Labute approximate surface area is 114 Å². The van der Waals surface area contributed by atoms with Gasteiger partial charge in [0.2, 0.25) is 0 Å². The summed E-state index contributed by atoms with van der Waals surface area (Å²) in [6.45, 7) is 14.1. The molecule has 0 aliphatic carbocycles. The molecule has 1 fully saturated rings. The van der Waals surface area contributed by atoms with Crippen molar-refractivity contribution in [3.8, 4) is 0 Å². The van der Waals surface area contributed by atoms with Gasteiger partial charge >= 0.3 is 0 Å². The predicted molar refractivity (Wildman–Crippen MR) is 80.1 cm³/mol. The molecule has 18 heavy (non-hydrogen) atoms. The Morgan fingerprint density at radius 3 is 2.22 bits per heavy atom. The third-order valence-electron chi connectivity index (χ3n) is 4.24. The summed E-state index contributed by atoms with van der Waals surface area (Å²) in [5.41, 5.74) is 0.245. The molecule has 0 bridgehead atoms. The van der Waals surface area contributed by atoms with Crippen LogP contribution in [0.3, 0.4) is 0 Å².